The molecule has 18 heavy (non-hydrogen) atoms. The molecular weight excluding hydrogens is 233 g/mol. The van der Waals surface area contributed by atoms with Crippen LogP contribution in [-0.4, -0.2) is 19.0 Å². The number of anilines is 1. The maximum atomic E-state index is 13.3. The number of primary amides is 1. The lowest BCUT2D eigenvalue weighted by atomic mass is 9.89. The summed E-state index contributed by atoms with van der Waals surface area (Å²) in [4.78, 5) is 13.2. The number of halogens is 1. The average molecular weight is 247 g/mol. The summed E-state index contributed by atoms with van der Waals surface area (Å²) in [7, 11) is 0. The molecule has 0 saturated carbocycles. The molecule has 0 radical (unpaired) electrons. The van der Waals surface area contributed by atoms with Crippen LogP contribution in [0.25, 0.3) is 0 Å². The van der Waals surface area contributed by atoms with E-state index < -0.39 is 11.2 Å². The van der Waals surface area contributed by atoms with E-state index in [-0.39, 0.29) is 11.5 Å². The van der Waals surface area contributed by atoms with Gasteiger partial charge in [0.2, 0.25) is 5.91 Å². The second-order valence-electron chi connectivity index (χ2n) is 4.91. The molecule has 0 aromatic heterocycles. The van der Waals surface area contributed by atoms with Gasteiger partial charge in [-0.25, -0.2) is 4.39 Å². The van der Waals surface area contributed by atoms with Gasteiger partial charge in [0.1, 0.15) is 5.82 Å². The summed E-state index contributed by atoms with van der Waals surface area (Å²) in [6.45, 7) is 2.89. The first-order chi connectivity index (χ1) is 8.44. The lowest BCUT2D eigenvalue weighted by Crippen LogP contribution is -2.37. The number of nitrogens with two attached hydrogens (primary N) is 1. The molecule has 5 heteroatoms. The molecule has 2 rings (SSSR count). The Labute approximate surface area is 105 Å². The van der Waals surface area contributed by atoms with Crippen molar-refractivity contribution in [3.63, 3.8) is 0 Å². The minimum atomic E-state index is -0.584. The topological polar surface area (TPSA) is 70.1 Å². The van der Waals surface area contributed by atoms with Crippen LogP contribution in [0, 0.1) is 22.6 Å². The Morgan fingerprint density at radius 3 is 2.83 bits per heavy atom. The standard InChI is InChI=1S/C13H14FN3O/c1-13(12(16)18)2-3-17(8-13)11-5-9(7-15)4-10(14)6-11/h4-6H,2-3,8H2,1H3,(H2,16,18). The molecule has 0 spiro atoms. The molecule has 1 unspecified atom stereocenters. The number of nitrogens with zero attached hydrogens (tertiary/aromatic N) is 2. The molecule has 1 heterocycles. The molecule has 1 aromatic rings. The Bertz CT molecular complexity index is 538. The molecule has 4 nitrogen and oxygen atoms in total. The van der Waals surface area contributed by atoms with E-state index in [2.05, 4.69) is 0 Å². The van der Waals surface area contributed by atoms with Crippen LogP contribution >= 0.6 is 0 Å². The maximum absolute atomic E-state index is 13.3. The van der Waals surface area contributed by atoms with Crippen molar-refractivity contribution in [3.8, 4) is 6.07 Å². The van der Waals surface area contributed by atoms with Crippen molar-refractivity contribution in [2.45, 2.75) is 13.3 Å². The molecule has 0 bridgehead atoms. The number of nitriles is 1. The Hall–Kier alpha value is -2.09. The van der Waals surface area contributed by atoms with Crippen molar-refractivity contribution in [2.75, 3.05) is 18.0 Å². The van der Waals surface area contributed by atoms with Gasteiger partial charge in [-0.1, -0.05) is 0 Å². The van der Waals surface area contributed by atoms with E-state index in [1.54, 1.807) is 13.0 Å². The second kappa shape index (κ2) is 4.30. The van der Waals surface area contributed by atoms with Gasteiger partial charge in [0.15, 0.2) is 0 Å². The predicted octanol–water partition coefficient (Wildman–Crippen LogP) is 1.40. The van der Waals surface area contributed by atoms with E-state index in [0.29, 0.717) is 25.2 Å². The summed E-state index contributed by atoms with van der Waals surface area (Å²) < 4.78 is 13.3. The third-order valence-electron chi connectivity index (χ3n) is 3.44. The van der Waals surface area contributed by atoms with Crippen molar-refractivity contribution < 1.29 is 9.18 Å². The van der Waals surface area contributed by atoms with Crippen LogP contribution in [0.4, 0.5) is 10.1 Å². The van der Waals surface area contributed by atoms with Crippen LogP contribution in [0.15, 0.2) is 18.2 Å². The van der Waals surface area contributed by atoms with Gasteiger partial charge in [-0.05, 0) is 31.5 Å². The van der Waals surface area contributed by atoms with Crippen molar-refractivity contribution in [1.82, 2.24) is 0 Å². The number of carbonyl (C=O) groups excluding carboxylic acids is 1. The Morgan fingerprint density at radius 1 is 1.56 bits per heavy atom. The lowest BCUT2D eigenvalue weighted by molar-refractivity contribution is -0.125. The van der Waals surface area contributed by atoms with Crippen LogP contribution in [0.2, 0.25) is 0 Å². The number of amides is 1. The fourth-order valence-corrected chi connectivity index (χ4v) is 2.20. The lowest BCUT2D eigenvalue weighted by Gasteiger charge is -2.22. The molecule has 94 valence electrons. The number of hydrogen-bond donors (Lipinski definition) is 1. The van der Waals surface area contributed by atoms with Gasteiger partial charge in [-0.3, -0.25) is 4.79 Å². The fraction of sp³-hybridized carbons (Fsp3) is 0.385. The molecule has 0 aliphatic carbocycles. The first-order valence-corrected chi connectivity index (χ1v) is 5.70. The molecule has 1 atom stereocenters. The molecule has 2 N–H and O–H groups in total. The highest BCUT2D eigenvalue weighted by Gasteiger charge is 2.39. The SMILES string of the molecule is CC1(C(N)=O)CCN(c2cc(F)cc(C#N)c2)C1. The first-order valence-electron chi connectivity index (χ1n) is 5.70. The number of rotatable bonds is 2. The van der Waals surface area contributed by atoms with Gasteiger partial charge >= 0.3 is 0 Å². The summed E-state index contributed by atoms with van der Waals surface area (Å²) in [6.07, 6.45) is 0.640. The molecule has 1 amide bonds. The molecule has 1 aromatic carbocycles. The quantitative estimate of drug-likeness (QED) is 0.858. The highest BCUT2D eigenvalue weighted by molar-refractivity contribution is 5.82. The van der Waals surface area contributed by atoms with Crippen LogP contribution in [0.5, 0.6) is 0 Å². The highest BCUT2D eigenvalue weighted by atomic mass is 19.1. The largest absolute Gasteiger partial charge is 0.370 e. The van der Waals surface area contributed by atoms with Gasteiger partial charge < -0.3 is 10.6 Å². The van der Waals surface area contributed by atoms with Crippen LogP contribution in [0.3, 0.4) is 0 Å². The Morgan fingerprint density at radius 2 is 2.28 bits per heavy atom. The average Bonchev–Trinajstić information content (AvgIpc) is 2.72. The zero-order valence-corrected chi connectivity index (χ0v) is 10.1. The van der Waals surface area contributed by atoms with Gasteiger partial charge in [-0.15, -0.1) is 0 Å². The number of carbonyl (C=O) groups is 1. The third kappa shape index (κ3) is 2.14. The fourth-order valence-electron chi connectivity index (χ4n) is 2.20. The van der Waals surface area contributed by atoms with Crippen LogP contribution in [0.1, 0.15) is 18.9 Å². The summed E-state index contributed by atoms with van der Waals surface area (Å²) in [5.74, 6) is -0.793. The zero-order chi connectivity index (χ0) is 13.3. The third-order valence-corrected chi connectivity index (χ3v) is 3.44. The molecule has 1 fully saturated rings. The van der Waals surface area contributed by atoms with Crippen molar-refractivity contribution in [3.05, 3.63) is 29.6 Å². The van der Waals surface area contributed by atoms with Crippen molar-refractivity contribution >= 4 is 11.6 Å². The molecule has 1 aliphatic heterocycles. The second-order valence-corrected chi connectivity index (χ2v) is 4.91. The summed E-state index contributed by atoms with van der Waals surface area (Å²) in [5.41, 5.74) is 5.68. The number of benzene rings is 1. The predicted molar refractivity (Wildman–Crippen MR) is 65.2 cm³/mol. The van der Waals surface area contributed by atoms with Crippen molar-refractivity contribution in [1.29, 1.82) is 5.26 Å². The minimum absolute atomic E-state index is 0.276. The van der Waals surface area contributed by atoms with Crippen molar-refractivity contribution in [2.24, 2.45) is 11.1 Å². The van der Waals surface area contributed by atoms with E-state index in [4.69, 9.17) is 11.0 Å². The van der Waals surface area contributed by atoms with Crippen LogP contribution < -0.4 is 10.6 Å². The van der Waals surface area contributed by atoms with Gasteiger partial charge in [-0.2, -0.15) is 5.26 Å². The van der Waals surface area contributed by atoms with E-state index in [1.165, 1.54) is 12.1 Å². The summed E-state index contributed by atoms with van der Waals surface area (Å²) in [6, 6.07) is 6.09. The normalized spacial score (nSPS) is 22.8. The summed E-state index contributed by atoms with van der Waals surface area (Å²) >= 11 is 0. The smallest absolute Gasteiger partial charge is 0.225 e. The van der Waals surface area contributed by atoms with Gasteiger partial charge in [0.05, 0.1) is 17.0 Å². The first kappa shape index (κ1) is 12.4. The number of hydrogen-bond acceptors (Lipinski definition) is 3. The van der Waals surface area contributed by atoms with Gasteiger partial charge in [0, 0.05) is 18.8 Å². The summed E-state index contributed by atoms with van der Waals surface area (Å²) in [5, 5.41) is 8.81. The molecule has 1 saturated heterocycles. The van der Waals surface area contributed by atoms with E-state index in [0.717, 1.165) is 0 Å². The van der Waals surface area contributed by atoms with E-state index in [1.807, 2.05) is 11.0 Å². The van der Waals surface area contributed by atoms with E-state index in [9.17, 15) is 9.18 Å². The highest BCUT2D eigenvalue weighted by Crippen LogP contribution is 2.33. The van der Waals surface area contributed by atoms with Gasteiger partial charge in [0.25, 0.3) is 0 Å². The monoisotopic (exact) mass is 247 g/mol. The Balaban J connectivity index is 2.27. The molecule has 1 aliphatic rings. The van der Waals surface area contributed by atoms with E-state index >= 15 is 0 Å². The maximum Gasteiger partial charge on any atom is 0.225 e. The van der Waals surface area contributed by atoms with Crippen LogP contribution in [-0.2, 0) is 4.79 Å². The molecular formula is C13H14FN3O. The zero-order valence-electron chi connectivity index (χ0n) is 10.1. The Kier molecular flexibility index (Phi) is 2.95. The minimum Gasteiger partial charge on any atom is -0.370 e.